The van der Waals surface area contributed by atoms with Crippen LogP contribution in [0.4, 0.5) is 11.4 Å². The van der Waals surface area contributed by atoms with Gasteiger partial charge < -0.3 is 10.1 Å². The topological polar surface area (TPSA) is 38.3 Å². The molecule has 1 N–H and O–H groups in total. The first-order valence-corrected chi connectivity index (χ1v) is 8.30. The lowest BCUT2D eigenvalue weighted by Gasteiger charge is -2.17. The zero-order chi connectivity index (χ0) is 17.2. The minimum Gasteiger partial charge on any atom is -0.457 e. The fourth-order valence-corrected chi connectivity index (χ4v) is 2.82. The highest BCUT2D eigenvalue weighted by molar-refractivity contribution is 5.87. The van der Waals surface area contributed by atoms with Crippen molar-refractivity contribution in [1.82, 2.24) is 0 Å². The molecule has 3 heteroatoms. The summed E-state index contributed by atoms with van der Waals surface area (Å²) in [5.41, 5.74) is 5.44. The molecule has 0 aliphatic carbocycles. The fraction of sp³-hybridized carbons (Fsp3) is 0.286. The van der Waals surface area contributed by atoms with E-state index in [1.54, 1.807) is 0 Å². The van der Waals surface area contributed by atoms with Crippen molar-refractivity contribution >= 4 is 23.4 Å². The number of rotatable bonds is 2. The highest BCUT2D eigenvalue weighted by Gasteiger charge is 2.14. The Balaban J connectivity index is 1.77. The number of para-hydroxylation sites is 1. The van der Waals surface area contributed by atoms with Gasteiger partial charge in [-0.25, -0.2) is 4.79 Å². The lowest BCUT2D eigenvalue weighted by molar-refractivity contribution is -0.148. The van der Waals surface area contributed by atoms with Crippen LogP contribution in [-0.2, 0) is 22.4 Å². The van der Waals surface area contributed by atoms with Crippen LogP contribution in [0, 0.1) is 0 Å². The van der Waals surface area contributed by atoms with Crippen molar-refractivity contribution in [2.24, 2.45) is 0 Å². The van der Waals surface area contributed by atoms with Crippen molar-refractivity contribution in [3.05, 3.63) is 65.2 Å². The average Bonchev–Trinajstić information content (AvgIpc) is 2.70. The normalized spacial score (nSPS) is 13.6. The molecule has 2 aromatic carbocycles. The molecule has 2 aromatic rings. The van der Waals surface area contributed by atoms with Crippen LogP contribution in [0.15, 0.2) is 48.5 Å². The predicted molar refractivity (Wildman–Crippen MR) is 98.5 cm³/mol. The SMILES string of the molecule is CC(C)(C)OC(=O)C=Cc1ccc2c(c1)CCc1ccccc1N2. The molecule has 0 radical (unpaired) electrons. The number of anilines is 2. The third-order valence-corrected chi connectivity index (χ3v) is 3.90. The van der Waals surface area contributed by atoms with Crippen LogP contribution in [0.2, 0.25) is 0 Å². The van der Waals surface area contributed by atoms with E-state index in [2.05, 4.69) is 41.7 Å². The van der Waals surface area contributed by atoms with Gasteiger partial charge >= 0.3 is 5.97 Å². The van der Waals surface area contributed by atoms with Crippen molar-refractivity contribution in [1.29, 1.82) is 0 Å². The summed E-state index contributed by atoms with van der Waals surface area (Å²) in [6, 6.07) is 14.6. The standard InChI is InChI=1S/C21H23NO2/c1-21(2,3)24-20(23)13-9-15-8-12-19-17(14-15)11-10-16-6-4-5-7-18(16)22-19/h4-9,12-14,22H,10-11H2,1-3H3. The van der Waals surface area contributed by atoms with Crippen LogP contribution in [0.25, 0.3) is 6.08 Å². The van der Waals surface area contributed by atoms with Gasteiger partial charge in [0.2, 0.25) is 0 Å². The number of hydrogen-bond acceptors (Lipinski definition) is 3. The Bertz CT molecular complexity index is 785. The molecule has 0 unspecified atom stereocenters. The molecule has 24 heavy (non-hydrogen) atoms. The van der Waals surface area contributed by atoms with Crippen molar-refractivity contribution < 1.29 is 9.53 Å². The molecule has 0 amide bonds. The molecular weight excluding hydrogens is 298 g/mol. The van der Waals surface area contributed by atoms with Gasteiger partial charge in [0.25, 0.3) is 0 Å². The highest BCUT2D eigenvalue weighted by atomic mass is 16.6. The number of ether oxygens (including phenoxy) is 1. The summed E-state index contributed by atoms with van der Waals surface area (Å²) in [6.07, 6.45) is 5.29. The van der Waals surface area contributed by atoms with Crippen molar-refractivity contribution in [2.45, 2.75) is 39.2 Å². The minimum absolute atomic E-state index is 0.317. The van der Waals surface area contributed by atoms with Gasteiger partial charge in [0.1, 0.15) is 5.60 Å². The Kier molecular flexibility index (Phi) is 4.43. The van der Waals surface area contributed by atoms with E-state index in [0.29, 0.717) is 0 Å². The van der Waals surface area contributed by atoms with E-state index >= 15 is 0 Å². The summed E-state index contributed by atoms with van der Waals surface area (Å²) in [4.78, 5) is 11.8. The molecule has 1 aliphatic heterocycles. The maximum absolute atomic E-state index is 11.8. The van der Waals surface area contributed by atoms with Gasteiger partial charge in [-0.3, -0.25) is 0 Å². The van der Waals surface area contributed by atoms with Crippen LogP contribution in [-0.4, -0.2) is 11.6 Å². The molecule has 0 spiro atoms. The van der Waals surface area contributed by atoms with Crippen molar-refractivity contribution in [3.63, 3.8) is 0 Å². The van der Waals surface area contributed by atoms with Gasteiger partial charge in [0, 0.05) is 17.5 Å². The second-order valence-corrected chi connectivity index (χ2v) is 7.07. The van der Waals surface area contributed by atoms with Gasteiger partial charge in [-0.2, -0.15) is 0 Å². The third kappa shape index (κ3) is 4.05. The summed E-state index contributed by atoms with van der Waals surface area (Å²) in [6.45, 7) is 5.60. The molecule has 0 saturated heterocycles. The Morgan fingerprint density at radius 3 is 2.54 bits per heavy atom. The molecule has 1 heterocycles. The fourth-order valence-electron chi connectivity index (χ4n) is 2.82. The first-order valence-electron chi connectivity index (χ1n) is 8.30. The van der Waals surface area contributed by atoms with Gasteiger partial charge in [0.05, 0.1) is 0 Å². The molecule has 124 valence electrons. The largest absolute Gasteiger partial charge is 0.457 e. The van der Waals surface area contributed by atoms with E-state index in [1.165, 1.54) is 22.9 Å². The quantitative estimate of drug-likeness (QED) is 0.632. The molecule has 0 fully saturated rings. The monoisotopic (exact) mass is 321 g/mol. The van der Waals surface area contributed by atoms with E-state index in [-0.39, 0.29) is 5.97 Å². The summed E-state index contributed by atoms with van der Waals surface area (Å²) < 4.78 is 5.30. The Morgan fingerprint density at radius 1 is 1.04 bits per heavy atom. The summed E-state index contributed by atoms with van der Waals surface area (Å²) in [7, 11) is 0. The summed E-state index contributed by atoms with van der Waals surface area (Å²) in [5, 5.41) is 3.51. The lowest BCUT2D eigenvalue weighted by atomic mass is 10.0. The van der Waals surface area contributed by atoms with E-state index < -0.39 is 5.60 Å². The second kappa shape index (κ2) is 6.52. The van der Waals surface area contributed by atoms with Crippen LogP contribution in [0.5, 0.6) is 0 Å². The Labute approximate surface area is 143 Å². The molecular formula is C21H23NO2. The third-order valence-electron chi connectivity index (χ3n) is 3.90. The van der Waals surface area contributed by atoms with Crippen LogP contribution in [0.3, 0.4) is 0 Å². The van der Waals surface area contributed by atoms with Crippen LogP contribution in [0.1, 0.15) is 37.5 Å². The molecule has 1 aliphatic rings. The first-order chi connectivity index (χ1) is 11.4. The van der Waals surface area contributed by atoms with E-state index in [1.807, 2.05) is 32.9 Å². The van der Waals surface area contributed by atoms with Crippen LogP contribution < -0.4 is 5.32 Å². The van der Waals surface area contributed by atoms with E-state index in [4.69, 9.17) is 4.74 Å². The number of nitrogens with one attached hydrogen (secondary N) is 1. The Hall–Kier alpha value is -2.55. The van der Waals surface area contributed by atoms with Gasteiger partial charge in [-0.05, 0) is 74.6 Å². The number of hydrogen-bond donors (Lipinski definition) is 1. The first kappa shape index (κ1) is 16.3. The smallest absolute Gasteiger partial charge is 0.331 e. The number of benzene rings is 2. The number of carbonyl (C=O) groups is 1. The molecule has 0 aromatic heterocycles. The molecule has 3 rings (SSSR count). The van der Waals surface area contributed by atoms with Crippen molar-refractivity contribution in [2.75, 3.05) is 5.32 Å². The molecule has 0 bridgehead atoms. The van der Waals surface area contributed by atoms with Gasteiger partial charge in [-0.1, -0.05) is 24.3 Å². The minimum atomic E-state index is -0.467. The van der Waals surface area contributed by atoms with Crippen molar-refractivity contribution in [3.8, 4) is 0 Å². The molecule has 0 saturated carbocycles. The van der Waals surface area contributed by atoms with E-state index in [9.17, 15) is 4.79 Å². The molecule has 0 atom stereocenters. The maximum Gasteiger partial charge on any atom is 0.331 e. The van der Waals surface area contributed by atoms with Gasteiger partial charge in [0.15, 0.2) is 0 Å². The number of aryl methyl sites for hydroxylation is 2. The highest BCUT2D eigenvalue weighted by Crippen LogP contribution is 2.30. The summed E-state index contributed by atoms with van der Waals surface area (Å²) >= 11 is 0. The van der Waals surface area contributed by atoms with Gasteiger partial charge in [-0.15, -0.1) is 0 Å². The zero-order valence-electron chi connectivity index (χ0n) is 14.4. The molecule has 3 nitrogen and oxygen atoms in total. The van der Waals surface area contributed by atoms with E-state index in [0.717, 1.165) is 24.1 Å². The lowest BCUT2D eigenvalue weighted by Crippen LogP contribution is -2.22. The van der Waals surface area contributed by atoms with Crippen LogP contribution >= 0.6 is 0 Å². The maximum atomic E-state index is 11.8. The Morgan fingerprint density at radius 2 is 1.75 bits per heavy atom. The number of carbonyl (C=O) groups excluding carboxylic acids is 1. The number of esters is 1. The zero-order valence-corrected chi connectivity index (χ0v) is 14.4. The predicted octanol–water partition coefficient (Wildman–Crippen LogP) is 4.88. The average molecular weight is 321 g/mol. The second-order valence-electron chi connectivity index (χ2n) is 7.07. The summed E-state index contributed by atoms with van der Waals surface area (Å²) in [5.74, 6) is -0.317. The number of fused-ring (bicyclic) bond motifs is 2.